The zero-order valence-electron chi connectivity index (χ0n) is 17.7. The van der Waals surface area contributed by atoms with Crippen molar-refractivity contribution >= 4 is 11.8 Å². The van der Waals surface area contributed by atoms with Crippen LogP contribution in [0.2, 0.25) is 0 Å². The molecule has 0 spiro atoms. The number of rotatable bonds is 10. The molecule has 0 aliphatic heterocycles. The van der Waals surface area contributed by atoms with Crippen molar-refractivity contribution in [2.45, 2.75) is 87.6 Å². The second-order valence-corrected chi connectivity index (χ2v) is 10.1. The summed E-state index contributed by atoms with van der Waals surface area (Å²) in [4.78, 5) is 0. The Morgan fingerprint density at radius 3 is 2.21 bits per heavy atom. The first-order valence-electron chi connectivity index (χ1n) is 11.5. The molecule has 0 N–H and O–H groups in total. The predicted octanol–water partition coefficient (Wildman–Crippen LogP) is 8.76. The highest BCUT2D eigenvalue weighted by atomic mass is 32.2. The SMILES string of the molecule is CCCCCCCC1CCC(C2(SC(F)F)C=CC(c3ccccc3)C=C2)CC1. The second kappa shape index (κ2) is 11.3. The number of halogens is 2. The van der Waals surface area contributed by atoms with Crippen LogP contribution in [-0.4, -0.2) is 10.5 Å². The molecule has 0 atom stereocenters. The molecule has 160 valence electrons. The second-order valence-electron chi connectivity index (χ2n) is 8.81. The first-order valence-corrected chi connectivity index (χ1v) is 12.4. The summed E-state index contributed by atoms with van der Waals surface area (Å²) < 4.78 is 26.4. The van der Waals surface area contributed by atoms with Crippen LogP contribution in [0.25, 0.3) is 0 Å². The Bertz CT molecular complexity index is 630. The van der Waals surface area contributed by atoms with Crippen LogP contribution in [0.5, 0.6) is 0 Å². The number of hydrogen-bond acceptors (Lipinski definition) is 1. The van der Waals surface area contributed by atoms with Crippen molar-refractivity contribution in [1.82, 2.24) is 0 Å². The van der Waals surface area contributed by atoms with Crippen LogP contribution >= 0.6 is 11.8 Å². The molecule has 3 rings (SSSR count). The summed E-state index contributed by atoms with van der Waals surface area (Å²) in [5.74, 6) is -1.02. The summed E-state index contributed by atoms with van der Waals surface area (Å²) >= 11 is 0.848. The monoisotopic (exact) mass is 418 g/mol. The maximum Gasteiger partial charge on any atom is 0.285 e. The average molecular weight is 419 g/mol. The lowest BCUT2D eigenvalue weighted by atomic mass is 9.72. The van der Waals surface area contributed by atoms with Gasteiger partial charge in [-0.3, -0.25) is 0 Å². The molecule has 29 heavy (non-hydrogen) atoms. The Balaban J connectivity index is 1.57. The Labute approximate surface area is 180 Å². The van der Waals surface area contributed by atoms with Crippen molar-refractivity contribution in [3.05, 3.63) is 60.2 Å². The molecule has 2 aliphatic carbocycles. The van der Waals surface area contributed by atoms with E-state index in [9.17, 15) is 8.78 Å². The van der Waals surface area contributed by atoms with Crippen LogP contribution in [-0.2, 0) is 0 Å². The zero-order valence-corrected chi connectivity index (χ0v) is 18.6. The molecule has 0 saturated heterocycles. The zero-order chi connectivity index (χ0) is 20.5. The molecule has 3 heteroatoms. The molecule has 0 radical (unpaired) electrons. The molecule has 1 aromatic carbocycles. The number of allylic oxidation sites excluding steroid dienone is 2. The van der Waals surface area contributed by atoms with Crippen LogP contribution in [0.3, 0.4) is 0 Å². The number of thioether (sulfide) groups is 1. The van der Waals surface area contributed by atoms with Crippen LogP contribution < -0.4 is 0 Å². The van der Waals surface area contributed by atoms with Gasteiger partial charge in [0.2, 0.25) is 0 Å². The topological polar surface area (TPSA) is 0 Å². The van der Waals surface area contributed by atoms with Crippen molar-refractivity contribution in [2.24, 2.45) is 11.8 Å². The predicted molar refractivity (Wildman–Crippen MR) is 123 cm³/mol. The smallest absolute Gasteiger partial charge is 0.198 e. The minimum atomic E-state index is -2.34. The summed E-state index contributed by atoms with van der Waals surface area (Å²) in [6.45, 7) is 2.25. The van der Waals surface area contributed by atoms with Crippen molar-refractivity contribution in [3.8, 4) is 0 Å². The van der Waals surface area contributed by atoms with Gasteiger partial charge >= 0.3 is 0 Å². The Morgan fingerprint density at radius 2 is 1.59 bits per heavy atom. The van der Waals surface area contributed by atoms with Gasteiger partial charge in [-0.15, -0.1) is 0 Å². The molecule has 2 aliphatic rings. The van der Waals surface area contributed by atoms with E-state index in [-0.39, 0.29) is 5.92 Å². The maximum atomic E-state index is 13.5. The highest BCUT2D eigenvalue weighted by Crippen LogP contribution is 2.49. The summed E-state index contributed by atoms with van der Waals surface area (Å²) in [6, 6.07) is 10.3. The Kier molecular flexibility index (Phi) is 8.84. The first kappa shape index (κ1) is 22.6. The van der Waals surface area contributed by atoms with Gasteiger partial charge in [0, 0.05) is 5.92 Å². The van der Waals surface area contributed by atoms with Gasteiger partial charge in [-0.05, 0) is 30.2 Å². The third-order valence-electron chi connectivity index (χ3n) is 6.81. The van der Waals surface area contributed by atoms with Gasteiger partial charge in [-0.1, -0.05) is 125 Å². The highest BCUT2D eigenvalue weighted by molar-refractivity contribution is 8.01. The van der Waals surface area contributed by atoms with E-state index in [0.29, 0.717) is 5.92 Å². The van der Waals surface area contributed by atoms with E-state index in [2.05, 4.69) is 43.4 Å². The van der Waals surface area contributed by atoms with Crippen LogP contribution in [0.1, 0.15) is 82.6 Å². The van der Waals surface area contributed by atoms with Crippen LogP contribution in [0, 0.1) is 11.8 Å². The standard InChI is InChI=1S/C26H36F2S/c1-2-3-4-5-7-10-21-13-15-24(16-14-21)26(29-25(27)28)19-17-23(18-20-26)22-11-8-6-9-12-22/h6,8-9,11-12,17-21,23-25H,2-5,7,10,13-16H2,1H3. The van der Waals surface area contributed by atoms with E-state index in [1.165, 1.54) is 56.9 Å². The van der Waals surface area contributed by atoms with Crippen molar-refractivity contribution < 1.29 is 8.78 Å². The Morgan fingerprint density at radius 1 is 0.931 bits per heavy atom. The van der Waals surface area contributed by atoms with E-state index in [1.807, 2.05) is 18.2 Å². The van der Waals surface area contributed by atoms with Crippen LogP contribution in [0.15, 0.2) is 54.6 Å². The molecule has 1 saturated carbocycles. The van der Waals surface area contributed by atoms with Gasteiger partial charge in [-0.2, -0.15) is 8.78 Å². The lowest BCUT2D eigenvalue weighted by Crippen LogP contribution is -2.36. The summed E-state index contributed by atoms with van der Waals surface area (Å²) in [6.07, 6.45) is 21.0. The molecular formula is C26H36F2S. The van der Waals surface area contributed by atoms with Gasteiger partial charge in [0.1, 0.15) is 0 Å². The lowest BCUT2D eigenvalue weighted by molar-refractivity contribution is 0.231. The van der Waals surface area contributed by atoms with E-state index < -0.39 is 10.5 Å². The third-order valence-corrected chi connectivity index (χ3v) is 8.00. The molecule has 1 aromatic rings. The lowest BCUT2D eigenvalue weighted by Gasteiger charge is -2.41. The van der Waals surface area contributed by atoms with Gasteiger partial charge in [0.25, 0.3) is 5.76 Å². The van der Waals surface area contributed by atoms with E-state index in [4.69, 9.17) is 0 Å². The van der Waals surface area contributed by atoms with Crippen molar-refractivity contribution in [3.63, 3.8) is 0 Å². The first-order chi connectivity index (χ1) is 14.1. The highest BCUT2D eigenvalue weighted by Gasteiger charge is 2.41. The minimum Gasteiger partial charge on any atom is -0.198 e. The molecule has 0 unspecified atom stereocenters. The molecule has 0 amide bonds. The van der Waals surface area contributed by atoms with E-state index in [1.54, 1.807) is 0 Å². The van der Waals surface area contributed by atoms with Crippen molar-refractivity contribution in [2.75, 3.05) is 0 Å². The van der Waals surface area contributed by atoms with Gasteiger partial charge in [0.15, 0.2) is 0 Å². The van der Waals surface area contributed by atoms with Gasteiger partial charge in [0.05, 0.1) is 4.75 Å². The molecular weight excluding hydrogens is 382 g/mol. The van der Waals surface area contributed by atoms with Crippen LogP contribution in [0.4, 0.5) is 8.78 Å². The fourth-order valence-corrected chi connectivity index (χ4v) is 6.12. The fourth-order valence-electron chi connectivity index (χ4n) is 5.07. The number of alkyl halides is 2. The average Bonchev–Trinajstić information content (AvgIpc) is 2.75. The van der Waals surface area contributed by atoms with Crippen molar-refractivity contribution in [1.29, 1.82) is 0 Å². The summed E-state index contributed by atoms with van der Waals surface area (Å²) in [5.41, 5.74) is 1.22. The number of hydrogen-bond donors (Lipinski definition) is 0. The van der Waals surface area contributed by atoms with E-state index in [0.717, 1.165) is 30.5 Å². The van der Waals surface area contributed by atoms with Gasteiger partial charge in [-0.25, -0.2) is 0 Å². The minimum absolute atomic E-state index is 0.196. The Hall–Kier alpha value is -1.09. The summed E-state index contributed by atoms with van der Waals surface area (Å²) in [7, 11) is 0. The molecule has 0 aromatic heterocycles. The molecule has 0 bridgehead atoms. The normalized spacial score (nSPS) is 29.4. The fraction of sp³-hybridized carbons (Fsp3) is 0.615. The maximum absolute atomic E-state index is 13.5. The molecule has 0 nitrogen and oxygen atoms in total. The quantitative estimate of drug-likeness (QED) is 0.270. The molecule has 0 heterocycles. The van der Waals surface area contributed by atoms with E-state index >= 15 is 0 Å². The van der Waals surface area contributed by atoms with Gasteiger partial charge < -0.3 is 0 Å². The number of benzene rings is 1. The largest absolute Gasteiger partial charge is 0.285 e. The molecule has 1 fully saturated rings. The third kappa shape index (κ3) is 6.44. The summed E-state index contributed by atoms with van der Waals surface area (Å²) in [5, 5.41) is 0. The number of unbranched alkanes of at least 4 members (excludes halogenated alkanes) is 4.